The summed E-state index contributed by atoms with van der Waals surface area (Å²) in [5.41, 5.74) is -0.205. The topological polar surface area (TPSA) is 61.1 Å². The lowest BCUT2D eigenvalue weighted by Gasteiger charge is -2.20. The molecule has 2 rings (SSSR count). The minimum absolute atomic E-state index is 0.142. The summed E-state index contributed by atoms with van der Waals surface area (Å²) in [6.07, 6.45) is 0. The first-order chi connectivity index (χ1) is 9.55. The number of hydrogen-bond donors (Lipinski definition) is 1. The molecule has 2 atom stereocenters. The van der Waals surface area contributed by atoms with Gasteiger partial charge in [-0.3, -0.25) is 4.21 Å². The highest BCUT2D eigenvalue weighted by molar-refractivity contribution is 7.85. The Hall–Kier alpha value is -1.96. The minimum atomic E-state index is -1.74. The molecule has 4 heteroatoms. The Labute approximate surface area is 121 Å². The summed E-state index contributed by atoms with van der Waals surface area (Å²) in [5.74, 6) is -0.142. The van der Waals surface area contributed by atoms with Crippen LogP contribution in [0.25, 0.3) is 0 Å². The van der Waals surface area contributed by atoms with Crippen LogP contribution in [0.15, 0.2) is 59.5 Å². The molecule has 0 bridgehead atoms. The average Bonchev–Trinajstić information content (AvgIpc) is 2.48. The van der Waals surface area contributed by atoms with E-state index < -0.39 is 16.4 Å². The SMILES string of the molecule is Cc1ccc([S@](=O)C[C@@](O)(C#N)c2ccccc2)cc1. The van der Waals surface area contributed by atoms with Gasteiger partial charge < -0.3 is 5.11 Å². The second-order valence-corrected chi connectivity index (χ2v) is 6.09. The summed E-state index contributed by atoms with van der Waals surface area (Å²) in [5, 5.41) is 19.7. The van der Waals surface area contributed by atoms with Crippen molar-refractivity contribution < 1.29 is 9.32 Å². The first kappa shape index (κ1) is 14.4. The molecule has 0 aliphatic rings. The van der Waals surface area contributed by atoms with E-state index in [1.165, 1.54) is 0 Å². The Morgan fingerprint density at radius 1 is 1.15 bits per heavy atom. The predicted octanol–water partition coefficient (Wildman–Crippen LogP) is 2.51. The summed E-state index contributed by atoms with van der Waals surface area (Å²) in [6.45, 7) is 1.95. The highest BCUT2D eigenvalue weighted by Crippen LogP contribution is 2.23. The van der Waals surface area contributed by atoms with E-state index in [1.807, 2.05) is 25.1 Å². The van der Waals surface area contributed by atoms with Crippen molar-refractivity contribution in [1.29, 1.82) is 5.26 Å². The van der Waals surface area contributed by atoms with Crippen LogP contribution in [0.2, 0.25) is 0 Å². The molecular formula is C16H15NO2S. The molecule has 3 nitrogen and oxygen atoms in total. The molecule has 20 heavy (non-hydrogen) atoms. The van der Waals surface area contributed by atoms with Crippen LogP contribution in [-0.4, -0.2) is 15.1 Å². The molecule has 0 aliphatic carbocycles. The molecule has 0 amide bonds. The van der Waals surface area contributed by atoms with Gasteiger partial charge in [-0.25, -0.2) is 0 Å². The monoisotopic (exact) mass is 285 g/mol. The van der Waals surface area contributed by atoms with Crippen LogP contribution >= 0.6 is 0 Å². The van der Waals surface area contributed by atoms with Crippen LogP contribution in [0.5, 0.6) is 0 Å². The first-order valence-corrected chi connectivity index (χ1v) is 7.51. The fourth-order valence-electron chi connectivity index (χ4n) is 1.86. The van der Waals surface area contributed by atoms with Gasteiger partial charge in [0.05, 0.1) is 16.6 Å². The van der Waals surface area contributed by atoms with E-state index in [9.17, 15) is 14.6 Å². The van der Waals surface area contributed by atoms with Crippen molar-refractivity contribution >= 4 is 10.8 Å². The van der Waals surface area contributed by atoms with E-state index in [1.54, 1.807) is 42.5 Å². The Bertz CT molecular complexity index is 646. The van der Waals surface area contributed by atoms with Crippen molar-refractivity contribution in [2.75, 3.05) is 5.75 Å². The summed E-state index contributed by atoms with van der Waals surface area (Å²) < 4.78 is 12.3. The fraction of sp³-hybridized carbons (Fsp3) is 0.188. The first-order valence-electron chi connectivity index (χ1n) is 6.19. The van der Waals surface area contributed by atoms with Crippen molar-refractivity contribution in [1.82, 2.24) is 0 Å². The molecular weight excluding hydrogens is 270 g/mol. The van der Waals surface area contributed by atoms with Gasteiger partial charge in [0.1, 0.15) is 6.07 Å². The summed E-state index contributed by atoms with van der Waals surface area (Å²) in [6, 6.07) is 17.7. The Morgan fingerprint density at radius 2 is 1.75 bits per heavy atom. The maximum Gasteiger partial charge on any atom is 0.188 e. The number of aliphatic hydroxyl groups is 1. The maximum absolute atomic E-state index is 12.3. The Morgan fingerprint density at radius 3 is 2.30 bits per heavy atom. The molecule has 0 fully saturated rings. The van der Waals surface area contributed by atoms with Gasteiger partial charge in [-0.15, -0.1) is 0 Å². The van der Waals surface area contributed by atoms with Gasteiger partial charge >= 0.3 is 0 Å². The third-order valence-electron chi connectivity index (χ3n) is 3.06. The zero-order valence-corrected chi connectivity index (χ0v) is 11.9. The van der Waals surface area contributed by atoms with Crippen molar-refractivity contribution in [3.8, 4) is 6.07 Å². The van der Waals surface area contributed by atoms with E-state index in [2.05, 4.69) is 0 Å². The van der Waals surface area contributed by atoms with E-state index in [4.69, 9.17) is 0 Å². The van der Waals surface area contributed by atoms with Crippen LogP contribution < -0.4 is 0 Å². The van der Waals surface area contributed by atoms with Crippen molar-refractivity contribution in [2.24, 2.45) is 0 Å². The lowest BCUT2D eigenvalue weighted by atomic mass is 9.98. The molecule has 2 aromatic rings. The van der Waals surface area contributed by atoms with E-state index in [0.29, 0.717) is 10.5 Å². The lowest BCUT2D eigenvalue weighted by Crippen LogP contribution is -2.30. The zero-order valence-electron chi connectivity index (χ0n) is 11.1. The average molecular weight is 285 g/mol. The molecule has 0 radical (unpaired) electrons. The van der Waals surface area contributed by atoms with Crippen molar-refractivity contribution in [2.45, 2.75) is 17.4 Å². The van der Waals surface area contributed by atoms with Crippen molar-refractivity contribution in [3.63, 3.8) is 0 Å². The van der Waals surface area contributed by atoms with Gasteiger partial charge in [-0.05, 0) is 24.6 Å². The second kappa shape index (κ2) is 6.00. The van der Waals surface area contributed by atoms with Crippen LogP contribution in [0.3, 0.4) is 0 Å². The highest BCUT2D eigenvalue weighted by atomic mass is 32.2. The number of aryl methyl sites for hydroxylation is 1. The van der Waals surface area contributed by atoms with Gasteiger partial charge in [0, 0.05) is 4.90 Å². The fourth-order valence-corrected chi connectivity index (χ4v) is 3.07. The van der Waals surface area contributed by atoms with Crippen molar-refractivity contribution in [3.05, 3.63) is 65.7 Å². The van der Waals surface area contributed by atoms with Gasteiger partial charge in [0.15, 0.2) is 5.60 Å². The van der Waals surface area contributed by atoms with E-state index in [0.717, 1.165) is 5.56 Å². The Kier molecular flexibility index (Phi) is 4.33. The van der Waals surface area contributed by atoms with Gasteiger partial charge in [-0.2, -0.15) is 5.26 Å². The molecule has 102 valence electrons. The number of hydrogen-bond acceptors (Lipinski definition) is 3. The van der Waals surface area contributed by atoms with Crippen LogP contribution in [0.4, 0.5) is 0 Å². The molecule has 0 aromatic heterocycles. The largest absolute Gasteiger partial charge is 0.371 e. The number of nitriles is 1. The second-order valence-electron chi connectivity index (χ2n) is 4.64. The summed E-state index contributed by atoms with van der Waals surface area (Å²) in [7, 11) is -1.43. The van der Waals surface area contributed by atoms with Crippen LogP contribution in [0, 0.1) is 18.3 Å². The molecule has 0 saturated carbocycles. The normalized spacial score (nSPS) is 15.1. The van der Waals surface area contributed by atoms with Gasteiger partial charge in [-0.1, -0.05) is 48.0 Å². The maximum atomic E-state index is 12.3. The standard InChI is InChI=1S/C16H15NO2S/c1-13-7-9-15(10-8-13)20(19)12-16(18,11-17)14-5-3-2-4-6-14/h2-10,18H,12H2,1H3/t16-,20+/m0/s1. The number of rotatable bonds is 4. The number of benzene rings is 2. The van der Waals surface area contributed by atoms with Crippen LogP contribution in [-0.2, 0) is 16.4 Å². The third-order valence-corrected chi connectivity index (χ3v) is 4.54. The molecule has 2 aromatic carbocycles. The predicted molar refractivity (Wildman–Crippen MR) is 78.4 cm³/mol. The smallest absolute Gasteiger partial charge is 0.188 e. The molecule has 0 saturated heterocycles. The molecule has 0 aliphatic heterocycles. The highest BCUT2D eigenvalue weighted by Gasteiger charge is 2.31. The molecule has 1 N–H and O–H groups in total. The summed E-state index contributed by atoms with van der Waals surface area (Å²) >= 11 is 0. The number of nitrogens with zero attached hydrogens (tertiary/aromatic N) is 1. The van der Waals surface area contributed by atoms with Crippen LogP contribution in [0.1, 0.15) is 11.1 Å². The van der Waals surface area contributed by atoms with Gasteiger partial charge in [0.25, 0.3) is 0 Å². The molecule has 0 unspecified atom stereocenters. The quantitative estimate of drug-likeness (QED) is 0.878. The van der Waals surface area contributed by atoms with Gasteiger partial charge in [0.2, 0.25) is 0 Å². The van der Waals surface area contributed by atoms with E-state index >= 15 is 0 Å². The minimum Gasteiger partial charge on any atom is -0.371 e. The zero-order chi connectivity index (χ0) is 14.6. The third kappa shape index (κ3) is 3.13. The lowest BCUT2D eigenvalue weighted by molar-refractivity contribution is 0.124. The molecule has 0 spiro atoms. The van der Waals surface area contributed by atoms with E-state index in [-0.39, 0.29) is 5.75 Å². The Balaban J connectivity index is 2.25. The summed E-state index contributed by atoms with van der Waals surface area (Å²) in [4.78, 5) is 0.611. The molecule has 0 heterocycles.